The summed E-state index contributed by atoms with van der Waals surface area (Å²) in [6.07, 6.45) is 0.368. The Labute approximate surface area is 118 Å². The number of ether oxygens (including phenoxy) is 1. The van der Waals surface area contributed by atoms with Gasteiger partial charge in [-0.25, -0.2) is 0 Å². The summed E-state index contributed by atoms with van der Waals surface area (Å²) >= 11 is 1.38. The Morgan fingerprint density at radius 2 is 1.84 bits per heavy atom. The predicted molar refractivity (Wildman–Crippen MR) is 76.7 cm³/mol. The van der Waals surface area contributed by atoms with Gasteiger partial charge in [0.15, 0.2) is 0 Å². The molecule has 1 fully saturated rings. The van der Waals surface area contributed by atoms with Crippen LogP contribution in [0.3, 0.4) is 0 Å². The van der Waals surface area contributed by atoms with E-state index in [-0.39, 0.29) is 0 Å². The van der Waals surface area contributed by atoms with Crippen molar-refractivity contribution < 1.29 is 20.1 Å². The van der Waals surface area contributed by atoms with Gasteiger partial charge in [-0.2, -0.15) is 0 Å². The lowest BCUT2D eigenvalue weighted by atomic mass is 9.94. The fraction of sp³-hybridized carbons (Fsp3) is 0.692. The zero-order valence-corrected chi connectivity index (χ0v) is 11.7. The molecule has 5 nitrogen and oxygen atoms in total. The molecule has 0 spiro atoms. The fourth-order valence-electron chi connectivity index (χ4n) is 1.96. The van der Waals surface area contributed by atoms with Crippen LogP contribution in [-0.2, 0) is 4.74 Å². The molecule has 5 N–H and O–H groups in total. The Kier molecular flexibility index (Phi) is 7.06. The third-order valence-electron chi connectivity index (χ3n) is 3.07. The maximum atomic E-state index is 9.92. The highest BCUT2D eigenvalue weighted by molar-refractivity contribution is 7.99. The van der Waals surface area contributed by atoms with Gasteiger partial charge in [0.2, 0.25) is 0 Å². The highest BCUT2D eigenvalue weighted by Gasteiger charge is 2.45. The Morgan fingerprint density at radius 3 is 2.42 bits per heavy atom. The van der Waals surface area contributed by atoms with E-state index in [0.29, 0.717) is 6.42 Å². The standard InChI is InChI=1S/C13H23NO4S/c1-3-5-7-19-13-11(17)9(15)10(16)12(18-13)8(14)6-4-2/h3-4,8-13,15-17H,1-2,5-7,14H2/t8-,9+,10-,11-,12-,13-/m1/s1. The average Bonchev–Trinajstić information content (AvgIpc) is 2.39. The molecule has 1 heterocycles. The number of rotatable bonds is 7. The van der Waals surface area contributed by atoms with E-state index >= 15 is 0 Å². The van der Waals surface area contributed by atoms with Crippen LogP contribution in [0.1, 0.15) is 12.8 Å². The molecule has 1 saturated heterocycles. The van der Waals surface area contributed by atoms with Crippen molar-refractivity contribution in [3.05, 3.63) is 25.3 Å². The van der Waals surface area contributed by atoms with E-state index in [0.717, 1.165) is 12.2 Å². The van der Waals surface area contributed by atoms with Crippen LogP contribution in [0.15, 0.2) is 25.3 Å². The van der Waals surface area contributed by atoms with Gasteiger partial charge in [-0.3, -0.25) is 0 Å². The Balaban J connectivity index is 2.67. The molecule has 0 saturated carbocycles. The number of hydrogen-bond donors (Lipinski definition) is 4. The second-order valence-electron chi connectivity index (χ2n) is 4.58. The lowest BCUT2D eigenvalue weighted by Crippen LogP contribution is -2.61. The van der Waals surface area contributed by atoms with Crippen LogP contribution in [0, 0.1) is 0 Å². The molecule has 0 aromatic carbocycles. The summed E-state index contributed by atoms with van der Waals surface area (Å²) in [5.74, 6) is 0.720. The van der Waals surface area contributed by atoms with Gasteiger partial charge in [0.25, 0.3) is 0 Å². The summed E-state index contributed by atoms with van der Waals surface area (Å²) in [5, 5.41) is 29.7. The number of aliphatic hydroxyl groups is 3. The first-order valence-corrected chi connectivity index (χ1v) is 7.36. The van der Waals surface area contributed by atoms with Crippen molar-refractivity contribution in [1.29, 1.82) is 0 Å². The lowest BCUT2D eigenvalue weighted by molar-refractivity contribution is -0.202. The van der Waals surface area contributed by atoms with Crippen molar-refractivity contribution in [2.45, 2.75) is 48.7 Å². The molecule has 1 aliphatic rings. The molecular formula is C13H23NO4S. The van der Waals surface area contributed by atoms with Gasteiger partial charge in [-0.15, -0.1) is 24.9 Å². The van der Waals surface area contributed by atoms with E-state index in [1.807, 2.05) is 0 Å². The summed E-state index contributed by atoms with van der Waals surface area (Å²) in [7, 11) is 0. The number of hydrogen-bond acceptors (Lipinski definition) is 6. The molecule has 1 aliphatic heterocycles. The zero-order valence-electron chi connectivity index (χ0n) is 10.9. The number of thioether (sulfide) groups is 1. The van der Waals surface area contributed by atoms with Crippen molar-refractivity contribution >= 4 is 11.8 Å². The molecule has 6 atom stereocenters. The second kappa shape index (κ2) is 8.04. The number of aliphatic hydroxyl groups excluding tert-OH is 3. The Bertz CT molecular complexity index is 302. The van der Waals surface area contributed by atoms with Gasteiger partial charge >= 0.3 is 0 Å². The molecular weight excluding hydrogens is 266 g/mol. The maximum Gasteiger partial charge on any atom is 0.132 e. The zero-order chi connectivity index (χ0) is 14.4. The molecule has 1 rings (SSSR count). The number of allylic oxidation sites excluding steroid dienone is 1. The maximum absolute atomic E-state index is 9.92. The minimum atomic E-state index is -1.25. The van der Waals surface area contributed by atoms with Crippen LogP contribution in [0.4, 0.5) is 0 Å². The molecule has 0 aromatic heterocycles. The highest BCUT2D eigenvalue weighted by Crippen LogP contribution is 2.30. The summed E-state index contributed by atoms with van der Waals surface area (Å²) in [4.78, 5) is 0. The molecule has 6 heteroatoms. The van der Waals surface area contributed by atoms with Crippen LogP contribution in [0.2, 0.25) is 0 Å². The van der Waals surface area contributed by atoms with E-state index in [2.05, 4.69) is 13.2 Å². The molecule has 19 heavy (non-hydrogen) atoms. The first-order chi connectivity index (χ1) is 9.02. The first kappa shape index (κ1) is 16.7. The van der Waals surface area contributed by atoms with E-state index < -0.39 is 35.9 Å². The van der Waals surface area contributed by atoms with Crippen LogP contribution >= 0.6 is 11.8 Å². The number of nitrogens with two attached hydrogens (primary N) is 1. The normalized spacial score (nSPS) is 36.7. The molecule has 0 radical (unpaired) electrons. The van der Waals surface area contributed by atoms with Crippen molar-refractivity contribution in [2.75, 3.05) is 5.75 Å². The molecule has 0 amide bonds. The lowest BCUT2D eigenvalue weighted by Gasteiger charge is -2.42. The van der Waals surface area contributed by atoms with Crippen LogP contribution < -0.4 is 5.73 Å². The van der Waals surface area contributed by atoms with E-state index in [1.54, 1.807) is 12.2 Å². The molecule has 0 unspecified atom stereocenters. The van der Waals surface area contributed by atoms with Crippen LogP contribution in [0.25, 0.3) is 0 Å². The molecule has 0 bridgehead atoms. The smallest absolute Gasteiger partial charge is 0.132 e. The van der Waals surface area contributed by atoms with Gasteiger partial charge in [0.05, 0.1) is 0 Å². The van der Waals surface area contributed by atoms with Crippen molar-refractivity contribution in [2.24, 2.45) is 5.73 Å². The van der Waals surface area contributed by atoms with Gasteiger partial charge < -0.3 is 25.8 Å². The van der Waals surface area contributed by atoms with Crippen LogP contribution in [0.5, 0.6) is 0 Å². The molecule has 0 aliphatic carbocycles. The van der Waals surface area contributed by atoms with Crippen molar-refractivity contribution in [3.63, 3.8) is 0 Å². The summed E-state index contributed by atoms with van der Waals surface area (Å²) in [6, 6.07) is -0.461. The molecule has 0 aromatic rings. The molecule has 110 valence electrons. The third-order valence-corrected chi connectivity index (χ3v) is 4.26. The van der Waals surface area contributed by atoms with E-state index in [4.69, 9.17) is 10.5 Å². The van der Waals surface area contributed by atoms with Crippen LogP contribution in [-0.4, -0.2) is 57.0 Å². The van der Waals surface area contributed by atoms with Crippen molar-refractivity contribution in [1.82, 2.24) is 0 Å². The van der Waals surface area contributed by atoms with Gasteiger partial charge in [-0.05, 0) is 18.6 Å². The third kappa shape index (κ3) is 4.30. The minimum Gasteiger partial charge on any atom is -0.388 e. The van der Waals surface area contributed by atoms with E-state index in [1.165, 1.54) is 11.8 Å². The monoisotopic (exact) mass is 289 g/mol. The summed E-state index contributed by atoms with van der Waals surface area (Å²) in [6.45, 7) is 7.21. The topological polar surface area (TPSA) is 95.9 Å². The SMILES string of the molecule is C=CCCS[C@H]1O[C@H]([C@H](N)CC=C)[C@H](O)[C@H](O)[C@H]1O. The quantitative estimate of drug-likeness (QED) is 0.389. The van der Waals surface area contributed by atoms with E-state index in [9.17, 15) is 15.3 Å². The average molecular weight is 289 g/mol. The first-order valence-electron chi connectivity index (χ1n) is 6.31. The summed E-state index contributed by atoms with van der Waals surface area (Å²) < 4.78 is 5.64. The predicted octanol–water partition coefficient (Wildman–Crippen LogP) is 0.00670. The van der Waals surface area contributed by atoms with Gasteiger partial charge in [0.1, 0.15) is 29.9 Å². The van der Waals surface area contributed by atoms with Gasteiger partial charge in [-0.1, -0.05) is 12.2 Å². The van der Waals surface area contributed by atoms with Crippen molar-refractivity contribution in [3.8, 4) is 0 Å². The Morgan fingerprint density at radius 1 is 1.16 bits per heavy atom. The highest BCUT2D eigenvalue weighted by atomic mass is 32.2. The fourth-order valence-corrected chi connectivity index (χ4v) is 3.06. The largest absolute Gasteiger partial charge is 0.388 e. The second-order valence-corrected chi connectivity index (χ2v) is 5.78. The summed E-state index contributed by atoms with van der Waals surface area (Å²) in [5.41, 5.74) is 5.30. The van der Waals surface area contributed by atoms with Gasteiger partial charge in [0, 0.05) is 6.04 Å². The minimum absolute atomic E-state index is 0.461. The Hall–Kier alpha value is -0.370.